The van der Waals surface area contributed by atoms with Gasteiger partial charge in [0.2, 0.25) is 0 Å². The maximum absolute atomic E-state index is 12.5. The second-order valence-corrected chi connectivity index (χ2v) is 8.03. The number of nitrogens with one attached hydrogen (secondary N) is 1. The Hall–Kier alpha value is -2.18. The van der Waals surface area contributed by atoms with Crippen molar-refractivity contribution < 1.29 is 14.7 Å². The molecule has 0 atom stereocenters. The number of aliphatic carboxylic acids is 1. The van der Waals surface area contributed by atoms with E-state index in [4.69, 9.17) is 16.7 Å². The molecule has 1 amide bonds. The summed E-state index contributed by atoms with van der Waals surface area (Å²) in [5, 5.41) is 13.7. The fourth-order valence-corrected chi connectivity index (χ4v) is 3.79. The molecule has 7 heteroatoms. The average molecular weight is 388 g/mol. The first-order chi connectivity index (χ1) is 13.0. The lowest BCUT2D eigenvalue weighted by Crippen LogP contribution is -2.55. The van der Waals surface area contributed by atoms with Gasteiger partial charge in [-0.25, -0.2) is 4.98 Å². The quantitative estimate of drug-likeness (QED) is 0.763. The number of carbonyl (C=O) groups excluding carboxylic acids is 1. The van der Waals surface area contributed by atoms with Gasteiger partial charge >= 0.3 is 5.97 Å². The van der Waals surface area contributed by atoms with E-state index in [1.165, 1.54) is 12.8 Å². The molecule has 0 aliphatic heterocycles. The van der Waals surface area contributed by atoms with Crippen molar-refractivity contribution in [2.24, 2.45) is 5.92 Å². The number of halogens is 1. The lowest BCUT2D eigenvalue weighted by molar-refractivity contribution is -0.139. The van der Waals surface area contributed by atoms with E-state index in [0.29, 0.717) is 22.2 Å². The molecule has 0 bridgehead atoms. The Morgan fingerprint density at radius 1 is 1.22 bits per heavy atom. The van der Waals surface area contributed by atoms with E-state index < -0.39 is 5.97 Å². The monoisotopic (exact) mass is 387 g/mol. The number of nitrogens with zero attached hydrogens (tertiary/aromatic N) is 2. The summed E-state index contributed by atoms with van der Waals surface area (Å²) in [7, 11) is 0. The van der Waals surface area contributed by atoms with Gasteiger partial charge in [0.1, 0.15) is 5.69 Å². The van der Waals surface area contributed by atoms with Gasteiger partial charge in [-0.05, 0) is 49.8 Å². The number of carboxylic acids is 1. The first-order valence-electron chi connectivity index (χ1n) is 9.31. The summed E-state index contributed by atoms with van der Waals surface area (Å²) < 4.78 is 0. The van der Waals surface area contributed by atoms with Crippen molar-refractivity contribution in [1.29, 1.82) is 0 Å². The molecule has 4 rings (SSSR count). The SMILES string of the molecule is O=C(O)CN(CC1CC1)C1CC(NC(=O)c2ccc3ccc(Cl)cc3n2)C1. The van der Waals surface area contributed by atoms with Gasteiger partial charge in [0.15, 0.2) is 0 Å². The Morgan fingerprint density at radius 3 is 2.67 bits per heavy atom. The topological polar surface area (TPSA) is 82.5 Å². The number of rotatable bonds is 7. The van der Waals surface area contributed by atoms with Crippen molar-refractivity contribution in [2.45, 2.75) is 37.8 Å². The molecule has 0 saturated heterocycles. The Bertz CT molecular complexity index is 878. The van der Waals surface area contributed by atoms with E-state index in [2.05, 4.69) is 15.2 Å². The van der Waals surface area contributed by atoms with Crippen LogP contribution in [0, 0.1) is 5.92 Å². The molecule has 0 radical (unpaired) electrons. The summed E-state index contributed by atoms with van der Waals surface area (Å²) in [6, 6.07) is 9.29. The molecule has 0 spiro atoms. The Kier molecular flexibility index (Phi) is 5.02. The summed E-state index contributed by atoms with van der Waals surface area (Å²) in [4.78, 5) is 30.1. The van der Waals surface area contributed by atoms with Crippen LogP contribution in [0.2, 0.25) is 5.02 Å². The van der Waals surface area contributed by atoms with Gasteiger partial charge in [0, 0.05) is 29.0 Å². The van der Waals surface area contributed by atoms with Crippen LogP contribution in [-0.4, -0.2) is 52.0 Å². The zero-order valence-electron chi connectivity index (χ0n) is 14.9. The minimum Gasteiger partial charge on any atom is -0.480 e. The standard InChI is InChI=1S/C20H22ClN3O3/c21-14-5-3-13-4-6-17(23-18(13)7-14)20(27)22-15-8-16(9-15)24(11-19(25)26)10-12-1-2-12/h3-7,12,15-16H,1-2,8-11H2,(H,22,27)(H,25,26). The van der Waals surface area contributed by atoms with E-state index in [-0.39, 0.29) is 24.5 Å². The van der Waals surface area contributed by atoms with Crippen LogP contribution < -0.4 is 5.32 Å². The summed E-state index contributed by atoms with van der Waals surface area (Å²) in [5.74, 6) is -0.346. The molecule has 1 heterocycles. The van der Waals surface area contributed by atoms with Crippen molar-refractivity contribution in [3.63, 3.8) is 0 Å². The number of hydrogen-bond acceptors (Lipinski definition) is 4. The number of amides is 1. The highest BCUT2D eigenvalue weighted by atomic mass is 35.5. The van der Waals surface area contributed by atoms with Crippen molar-refractivity contribution in [2.75, 3.05) is 13.1 Å². The molecule has 1 aromatic heterocycles. The molecule has 2 saturated carbocycles. The fourth-order valence-electron chi connectivity index (χ4n) is 3.63. The number of carboxylic acid groups (broad SMARTS) is 1. The van der Waals surface area contributed by atoms with Crippen molar-refractivity contribution in [3.8, 4) is 0 Å². The molecule has 2 aliphatic carbocycles. The summed E-state index contributed by atoms with van der Waals surface area (Å²) in [6.45, 7) is 0.930. The van der Waals surface area contributed by atoms with Crippen LogP contribution in [0.15, 0.2) is 30.3 Å². The van der Waals surface area contributed by atoms with Crippen LogP contribution in [-0.2, 0) is 4.79 Å². The van der Waals surface area contributed by atoms with Crippen LogP contribution in [0.5, 0.6) is 0 Å². The van der Waals surface area contributed by atoms with Crippen molar-refractivity contribution in [3.05, 3.63) is 41.0 Å². The number of benzene rings is 1. The number of hydrogen-bond donors (Lipinski definition) is 2. The molecule has 6 nitrogen and oxygen atoms in total. The van der Waals surface area contributed by atoms with Crippen LogP contribution in [0.4, 0.5) is 0 Å². The minimum absolute atomic E-state index is 0.0647. The fraction of sp³-hybridized carbons (Fsp3) is 0.450. The van der Waals surface area contributed by atoms with E-state index in [9.17, 15) is 9.59 Å². The molecule has 2 N–H and O–H groups in total. The highest BCUT2D eigenvalue weighted by Crippen LogP contribution is 2.33. The highest BCUT2D eigenvalue weighted by Gasteiger charge is 2.37. The van der Waals surface area contributed by atoms with Gasteiger partial charge in [0.25, 0.3) is 5.91 Å². The molecule has 2 aromatic rings. The van der Waals surface area contributed by atoms with Gasteiger partial charge in [-0.15, -0.1) is 0 Å². The Balaban J connectivity index is 1.34. The number of pyridine rings is 1. The Labute approximate surface area is 162 Å². The molecule has 2 fully saturated rings. The molecular formula is C20H22ClN3O3. The lowest BCUT2D eigenvalue weighted by atomic mass is 9.85. The molecule has 1 aromatic carbocycles. The van der Waals surface area contributed by atoms with E-state index in [0.717, 1.165) is 24.8 Å². The molecule has 0 unspecified atom stereocenters. The van der Waals surface area contributed by atoms with Gasteiger partial charge in [0.05, 0.1) is 12.1 Å². The smallest absolute Gasteiger partial charge is 0.317 e. The number of carbonyl (C=O) groups is 2. The maximum Gasteiger partial charge on any atom is 0.317 e. The van der Waals surface area contributed by atoms with Gasteiger partial charge < -0.3 is 10.4 Å². The highest BCUT2D eigenvalue weighted by molar-refractivity contribution is 6.31. The van der Waals surface area contributed by atoms with Gasteiger partial charge in [-0.1, -0.05) is 23.7 Å². The first kappa shape index (κ1) is 18.2. The summed E-state index contributed by atoms with van der Waals surface area (Å²) in [5.41, 5.74) is 1.06. The second-order valence-electron chi connectivity index (χ2n) is 7.60. The summed E-state index contributed by atoms with van der Waals surface area (Å²) in [6.07, 6.45) is 3.96. The zero-order valence-corrected chi connectivity index (χ0v) is 15.7. The maximum atomic E-state index is 12.5. The predicted molar refractivity (Wildman–Crippen MR) is 103 cm³/mol. The van der Waals surface area contributed by atoms with Crippen LogP contribution in [0.1, 0.15) is 36.2 Å². The van der Waals surface area contributed by atoms with Crippen LogP contribution in [0.25, 0.3) is 10.9 Å². The normalized spacial score (nSPS) is 21.9. The van der Waals surface area contributed by atoms with Gasteiger partial charge in [-0.2, -0.15) is 0 Å². The molecular weight excluding hydrogens is 366 g/mol. The molecule has 27 heavy (non-hydrogen) atoms. The number of aromatic nitrogens is 1. The van der Waals surface area contributed by atoms with Crippen LogP contribution >= 0.6 is 11.6 Å². The van der Waals surface area contributed by atoms with E-state index >= 15 is 0 Å². The summed E-state index contributed by atoms with van der Waals surface area (Å²) >= 11 is 6.00. The second kappa shape index (κ2) is 7.44. The van der Waals surface area contributed by atoms with E-state index in [1.54, 1.807) is 18.2 Å². The predicted octanol–water partition coefficient (Wildman–Crippen LogP) is 2.95. The zero-order chi connectivity index (χ0) is 19.0. The van der Waals surface area contributed by atoms with Crippen molar-refractivity contribution in [1.82, 2.24) is 15.2 Å². The molecule has 2 aliphatic rings. The minimum atomic E-state index is -0.790. The third-order valence-corrected chi connectivity index (χ3v) is 5.61. The molecule has 142 valence electrons. The average Bonchev–Trinajstić information content (AvgIpc) is 3.40. The Morgan fingerprint density at radius 2 is 1.96 bits per heavy atom. The lowest BCUT2D eigenvalue weighted by Gasteiger charge is -2.42. The van der Waals surface area contributed by atoms with Gasteiger partial charge in [-0.3, -0.25) is 14.5 Å². The third-order valence-electron chi connectivity index (χ3n) is 5.38. The first-order valence-corrected chi connectivity index (χ1v) is 9.69. The van der Waals surface area contributed by atoms with Crippen molar-refractivity contribution >= 4 is 34.4 Å². The number of fused-ring (bicyclic) bond motifs is 1. The largest absolute Gasteiger partial charge is 0.480 e. The van der Waals surface area contributed by atoms with E-state index in [1.807, 2.05) is 12.1 Å². The van der Waals surface area contributed by atoms with Crippen LogP contribution in [0.3, 0.4) is 0 Å². The third kappa shape index (κ3) is 4.39.